The summed E-state index contributed by atoms with van der Waals surface area (Å²) < 4.78 is 5.70. The van der Waals surface area contributed by atoms with E-state index in [2.05, 4.69) is 11.0 Å². The fraction of sp³-hybridized carbons (Fsp3) is 0.562. The number of hydrogen-bond acceptors (Lipinski definition) is 3. The molecular formula is C16H22N2O. The van der Waals surface area contributed by atoms with E-state index in [1.807, 2.05) is 38.1 Å². The van der Waals surface area contributed by atoms with Crippen LogP contribution in [0.2, 0.25) is 0 Å². The normalized spacial score (nSPS) is 19.4. The van der Waals surface area contributed by atoms with E-state index in [9.17, 15) is 5.26 Å². The maximum Gasteiger partial charge on any atom is 0.135 e. The number of nitriles is 1. The Labute approximate surface area is 115 Å². The second-order valence-corrected chi connectivity index (χ2v) is 5.16. The van der Waals surface area contributed by atoms with Gasteiger partial charge in [0.2, 0.25) is 0 Å². The Bertz CT molecular complexity index is 460. The topological polar surface area (TPSA) is 36.3 Å². The van der Waals surface area contributed by atoms with Gasteiger partial charge < -0.3 is 4.74 Å². The standard InChI is InChI=1S/C16H22N2O/c1-3-19-15-10-6-5-9-14(15)16(2,13-17)18-11-7-4-8-12-18/h5-6,9-10H,3-4,7-8,11-12H2,1-2H3. The van der Waals surface area contributed by atoms with Crippen LogP contribution in [0.1, 0.15) is 38.7 Å². The molecule has 1 fully saturated rings. The molecule has 0 N–H and O–H groups in total. The molecule has 0 saturated carbocycles. The van der Waals surface area contributed by atoms with Gasteiger partial charge in [0.1, 0.15) is 11.3 Å². The molecule has 19 heavy (non-hydrogen) atoms. The van der Waals surface area contributed by atoms with Gasteiger partial charge in [0.05, 0.1) is 12.7 Å². The van der Waals surface area contributed by atoms with Gasteiger partial charge in [-0.3, -0.25) is 4.90 Å². The first-order valence-corrected chi connectivity index (χ1v) is 7.11. The highest BCUT2D eigenvalue weighted by Crippen LogP contribution is 2.36. The zero-order valence-corrected chi connectivity index (χ0v) is 11.9. The molecular weight excluding hydrogens is 236 g/mol. The predicted octanol–water partition coefficient (Wildman–Crippen LogP) is 3.31. The predicted molar refractivity (Wildman–Crippen MR) is 76.0 cm³/mol. The molecule has 0 aliphatic carbocycles. The summed E-state index contributed by atoms with van der Waals surface area (Å²) in [7, 11) is 0. The molecule has 0 bridgehead atoms. The van der Waals surface area contributed by atoms with Crippen molar-refractivity contribution in [2.45, 2.75) is 38.6 Å². The third-order valence-electron chi connectivity index (χ3n) is 3.92. The average molecular weight is 258 g/mol. The Morgan fingerprint density at radius 1 is 1.26 bits per heavy atom. The van der Waals surface area contributed by atoms with E-state index < -0.39 is 5.54 Å². The molecule has 1 heterocycles. The van der Waals surface area contributed by atoms with Crippen molar-refractivity contribution in [3.05, 3.63) is 29.8 Å². The van der Waals surface area contributed by atoms with Crippen LogP contribution in [0.25, 0.3) is 0 Å². The SMILES string of the molecule is CCOc1ccccc1C(C)(C#N)N1CCCCC1. The van der Waals surface area contributed by atoms with Crippen LogP contribution in [0.15, 0.2) is 24.3 Å². The largest absolute Gasteiger partial charge is 0.493 e. The van der Waals surface area contributed by atoms with Gasteiger partial charge in [-0.15, -0.1) is 0 Å². The van der Waals surface area contributed by atoms with Crippen molar-refractivity contribution >= 4 is 0 Å². The molecule has 0 aromatic heterocycles. The Balaban J connectivity index is 2.37. The van der Waals surface area contributed by atoms with Gasteiger partial charge in [-0.05, 0) is 45.8 Å². The molecule has 1 aliphatic rings. The van der Waals surface area contributed by atoms with E-state index in [-0.39, 0.29) is 0 Å². The van der Waals surface area contributed by atoms with Crippen molar-refractivity contribution in [2.24, 2.45) is 0 Å². The number of likely N-dealkylation sites (tertiary alicyclic amines) is 1. The van der Waals surface area contributed by atoms with Crippen molar-refractivity contribution in [3.8, 4) is 11.8 Å². The van der Waals surface area contributed by atoms with Crippen LogP contribution in [0, 0.1) is 11.3 Å². The van der Waals surface area contributed by atoms with Gasteiger partial charge in [0, 0.05) is 5.56 Å². The van der Waals surface area contributed by atoms with Gasteiger partial charge in [-0.1, -0.05) is 24.6 Å². The summed E-state index contributed by atoms with van der Waals surface area (Å²) >= 11 is 0. The zero-order valence-electron chi connectivity index (χ0n) is 11.9. The lowest BCUT2D eigenvalue weighted by atomic mass is 9.89. The summed E-state index contributed by atoms with van der Waals surface area (Å²) in [5.74, 6) is 0.833. The third kappa shape index (κ3) is 2.74. The molecule has 2 rings (SSSR count). The van der Waals surface area contributed by atoms with Gasteiger partial charge in [-0.25, -0.2) is 0 Å². The minimum Gasteiger partial charge on any atom is -0.493 e. The number of rotatable bonds is 4. The van der Waals surface area contributed by atoms with Crippen LogP contribution in [0.3, 0.4) is 0 Å². The molecule has 0 spiro atoms. The Morgan fingerprint density at radius 3 is 2.58 bits per heavy atom. The first-order valence-electron chi connectivity index (χ1n) is 7.11. The molecule has 1 atom stereocenters. The molecule has 1 aliphatic heterocycles. The van der Waals surface area contributed by atoms with Crippen molar-refractivity contribution in [1.29, 1.82) is 5.26 Å². The lowest BCUT2D eigenvalue weighted by Gasteiger charge is -2.39. The van der Waals surface area contributed by atoms with Crippen LogP contribution >= 0.6 is 0 Å². The van der Waals surface area contributed by atoms with Crippen molar-refractivity contribution in [2.75, 3.05) is 19.7 Å². The quantitative estimate of drug-likeness (QED) is 0.831. The summed E-state index contributed by atoms with van der Waals surface area (Å²) in [6.45, 7) is 6.59. The van der Waals surface area contributed by atoms with Gasteiger partial charge in [0.15, 0.2) is 0 Å². The van der Waals surface area contributed by atoms with E-state index in [1.165, 1.54) is 19.3 Å². The number of hydrogen-bond donors (Lipinski definition) is 0. The van der Waals surface area contributed by atoms with E-state index in [1.54, 1.807) is 0 Å². The summed E-state index contributed by atoms with van der Waals surface area (Å²) in [6, 6.07) is 10.4. The molecule has 1 aromatic rings. The molecule has 0 radical (unpaired) electrons. The highest BCUT2D eigenvalue weighted by atomic mass is 16.5. The Morgan fingerprint density at radius 2 is 1.95 bits per heavy atom. The molecule has 3 heteroatoms. The maximum absolute atomic E-state index is 9.74. The molecule has 102 valence electrons. The highest BCUT2D eigenvalue weighted by Gasteiger charge is 2.36. The highest BCUT2D eigenvalue weighted by molar-refractivity contribution is 5.42. The number of benzene rings is 1. The average Bonchev–Trinajstić information content (AvgIpc) is 2.48. The zero-order chi connectivity index (χ0) is 13.7. The fourth-order valence-electron chi connectivity index (χ4n) is 2.79. The van der Waals surface area contributed by atoms with Crippen LogP contribution in [0.5, 0.6) is 5.75 Å². The number of nitrogens with zero attached hydrogens (tertiary/aromatic N) is 2. The number of ether oxygens (including phenoxy) is 1. The molecule has 1 saturated heterocycles. The second kappa shape index (κ2) is 6.08. The monoisotopic (exact) mass is 258 g/mol. The molecule has 1 aromatic carbocycles. The minimum absolute atomic E-state index is 0.591. The molecule has 3 nitrogen and oxygen atoms in total. The van der Waals surface area contributed by atoms with Crippen molar-refractivity contribution in [3.63, 3.8) is 0 Å². The van der Waals surface area contributed by atoms with E-state index >= 15 is 0 Å². The summed E-state index contributed by atoms with van der Waals surface area (Å²) in [5.41, 5.74) is 0.396. The minimum atomic E-state index is -0.591. The van der Waals surface area contributed by atoms with Gasteiger partial charge in [0.25, 0.3) is 0 Å². The summed E-state index contributed by atoms with van der Waals surface area (Å²) in [5, 5.41) is 9.74. The smallest absolute Gasteiger partial charge is 0.135 e. The van der Waals surface area contributed by atoms with E-state index in [0.29, 0.717) is 6.61 Å². The van der Waals surface area contributed by atoms with Crippen molar-refractivity contribution in [1.82, 2.24) is 4.90 Å². The van der Waals surface area contributed by atoms with Gasteiger partial charge >= 0.3 is 0 Å². The lowest BCUT2D eigenvalue weighted by molar-refractivity contribution is 0.120. The summed E-state index contributed by atoms with van der Waals surface area (Å²) in [6.07, 6.45) is 3.62. The first-order chi connectivity index (χ1) is 9.22. The van der Waals surface area contributed by atoms with Gasteiger partial charge in [-0.2, -0.15) is 5.26 Å². The fourth-order valence-corrected chi connectivity index (χ4v) is 2.79. The first kappa shape index (κ1) is 13.9. The summed E-state index contributed by atoms with van der Waals surface area (Å²) in [4.78, 5) is 2.29. The number of para-hydroxylation sites is 1. The molecule has 0 amide bonds. The van der Waals surface area contributed by atoms with Crippen molar-refractivity contribution < 1.29 is 4.74 Å². The number of piperidine rings is 1. The molecule has 1 unspecified atom stereocenters. The van der Waals surface area contributed by atoms with E-state index in [0.717, 1.165) is 24.4 Å². The lowest BCUT2D eigenvalue weighted by Crippen LogP contribution is -2.45. The Kier molecular flexibility index (Phi) is 4.44. The second-order valence-electron chi connectivity index (χ2n) is 5.16. The maximum atomic E-state index is 9.74. The van der Waals surface area contributed by atoms with Crippen LogP contribution in [-0.4, -0.2) is 24.6 Å². The van der Waals surface area contributed by atoms with E-state index in [4.69, 9.17) is 4.74 Å². The third-order valence-corrected chi connectivity index (χ3v) is 3.92. The van der Waals surface area contributed by atoms with Crippen LogP contribution in [0.4, 0.5) is 0 Å². The van der Waals surface area contributed by atoms with Crippen LogP contribution < -0.4 is 4.74 Å². The van der Waals surface area contributed by atoms with Crippen LogP contribution in [-0.2, 0) is 5.54 Å². The Hall–Kier alpha value is -1.53.